The van der Waals surface area contributed by atoms with Crippen molar-refractivity contribution in [3.8, 4) is 0 Å². The lowest BCUT2D eigenvalue weighted by Crippen LogP contribution is -2.41. The van der Waals surface area contributed by atoms with Crippen molar-refractivity contribution in [3.63, 3.8) is 0 Å². The lowest BCUT2D eigenvalue weighted by molar-refractivity contribution is -0.138. The minimum Gasteiger partial charge on any atom is -0.376 e. The Hall–Kier alpha value is -0.630. The summed E-state index contributed by atoms with van der Waals surface area (Å²) in [6, 6.07) is -0.678. The van der Waals surface area contributed by atoms with Crippen LogP contribution >= 0.6 is 11.3 Å². The van der Waals surface area contributed by atoms with E-state index in [-0.39, 0.29) is 11.5 Å². The molecule has 3 nitrogen and oxygen atoms in total. The van der Waals surface area contributed by atoms with Crippen LogP contribution < -0.4 is 11.3 Å². The molecular weight excluding hydrogens is 277 g/mol. The van der Waals surface area contributed by atoms with Gasteiger partial charge in [-0.05, 0) is 23.8 Å². The predicted molar refractivity (Wildman–Crippen MR) is 69.6 cm³/mol. The van der Waals surface area contributed by atoms with Gasteiger partial charge in [0.15, 0.2) is 0 Å². The Morgan fingerprint density at radius 2 is 2.00 bits per heavy atom. The summed E-state index contributed by atoms with van der Waals surface area (Å²) in [7, 11) is 0. The fourth-order valence-corrected chi connectivity index (χ4v) is 2.90. The second-order valence-corrected chi connectivity index (χ2v) is 5.29. The fraction of sp³-hybridized carbons (Fsp3) is 0.667. The SMILES string of the molecule is CCOC(C(C)C)C(NN)c1cscc1C(F)(F)F. The van der Waals surface area contributed by atoms with Gasteiger partial charge in [-0.3, -0.25) is 11.3 Å². The number of halogens is 3. The number of hydrogen-bond acceptors (Lipinski definition) is 4. The number of nitrogens with two attached hydrogens (primary N) is 1. The van der Waals surface area contributed by atoms with Crippen LogP contribution in [0.3, 0.4) is 0 Å². The molecule has 0 saturated carbocycles. The molecule has 1 aromatic heterocycles. The van der Waals surface area contributed by atoms with Gasteiger partial charge in [0.1, 0.15) is 0 Å². The maximum absolute atomic E-state index is 12.9. The average molecular weight is 296 g/mol. The van der Waals surface area contributed by atoms with Gasteiger partial charge in [-0.2, -0.15) is 24.5 Å². The summed E-state index contributed by atoms with van der Waals surface area (Å²) in [5.41, 5.74) is 1.96. The van der Waals surface area contributed by atoms with Crippen LogP contribution in [0.4, 0.5) is 13.2 Å². The standard InChI is InChI=1S/C12H19F3N2OS/c1-4-18-11(7(2)3)10(17-16)8-5-19-6-9(8)12(13,14)15/h5-7,10-11,17H,4,16H2,1-3H3. The largest absolute Gasteiger partial charge is 0.417 e. The zero-order valence-corrected chi connectivity index (χ0v) is 11.9. The van der Waals surface area contributed by atoms with E-state index in [0.29, 0.717) is 6.61 Å². The van der Waals surface area contributed by atoms with Crippen molar-refractivity contribution in [1.29, 1.82) is 0 Å². The van der Waals surface area contributed by atoms with Crippen LogP contribution in [0.5, 0.6) is 0 Å². The molecule has 1 aromatic rings. The highest BCUT2D eigenvalue weighted by atomic mass is 32.1. The molecule has 7 heteroatoms. The van der Waals surface area contributed by atoms with Crippen LogP contribution in [-0.2, 0) is 10.9 Å². The number of alkyl halides is 3. The molecule has 19 heavy (non-hydrogen) atoms. The highest BCUT2D eigenvalue weighted by Gasteiger charge is 2.38. The summed E-state index contributed by atoms with van der Waals surface area (Å²) < 4.78 is 44.3. The Balaban J connectivity index is 3.12. The molecule has 0 spiro atoms. The van der Waals surface area contributed by atoms with Gasteiger partial charge >= 0.3 is 6.18 Å². The molecule has 2 atom stereocenters. The first kappa shape index (κ1) is 16.4. The highest BCUT2D eigenvalue weighted by Crippen LogP contribution is 2.39. The number of nitrogens with one attached hydrogen (secondary N) is 1. The molecule has 0 fully saturated rings. The molecule has 2 unspecified atom stereocenters. The molecule has 0 amide bonds. The molecule has 0 aromatic carbocycles. The lowest BCUT2D eigenvalue weighted by atomic mass is 9.93. The van der Waals surface area contributed by atoms with Crippen LogP contribution in [0.2, 0.25) is 0 Å². The van der Waals surface area contributed by atoms with E-state index in [2.05, 4.69) is 5.43 Å². The van der Waals surface area contributed by atoms with Gasteiger partial charge in [0, 0.05) is 12.0 Å². The van der Waals surface area contributed by atoms with Crippen molar-refractivity contribution in [2.75, 3.05) is 6.61 Å². The number of hydrazine groups is 1. The van der Waals surface area contributed by atoms with Gasteiger partial charge in [0.25, 0.3) is 0 Å². The molecule has 0 radical (unpaired) electrons. The third-order valence-electron chi connectivity index (χ3n) is 2.86. The van der Waals surface area contributed by atoms with Crippen molar-refractivity contribution in [2.24, 2.45) is 11.8 Å². The quantitative estimate of drug-likeness (QED) is 0.625. The average Bonchev–Trinajstić information content (AvgIpc) is 2.77. The molecule has 0 aliphatic rings. The molecule has 1 heterocycles. The monoisotopic (exact) mass is 296 g/mol. The summed E-state index contributed by atoms with van der Waals surface area (Å²) in [4.78, 5) is 0. The van der Waals surface area contributed by atoms with Crippen molar-refractivity contribution in [3.05, 3.63) is 21.9 Å². The van der Waals surface area contributed by atoms with Gasteiger partial charge in [-0.1, -0.05) is 13.8 Å². The summed E-state index contributed by atoms with van der Waals surface area (Å²) in [5, 5.41) is 2.57. The van der Waals surface area contributed by atoms with E-state index < -0.39 is 23.9 Å². The van der Waals surface area contributed by atoms with E-state index in [1.165, 1.54) is 5.38 Å². The Labute approximate surface area is 114 Å². The minimum atomic E-state index is -4.38. The first-order valence-electron chi connectivity index (χ1n) is 6.03. The summed E-state index contributed by atoms with van der Waals surface area (Å²) >= 11 is 1.01. The third-order valence-corrected chi connectivity index (χ3v) is 3.62. The number of ether oxygens (including phenoxy) is 1. The van der Waals surface area contributed by atoms with Gasteiger partial charge in [0.2, 0.25) is 0 Å². The van der Waals surface area contributed by atoms with E-state index in [1.54, 1.807) is 6.92 Å². The summed E-state index contributed by atoms with van der Waals surface area (Å²) in [5.74, 6) is 5.50. The van der Waals surface area contributed by atoms with Gasteiger partial charge in [-0.25, -0.2) is 0 Å². The zero-order valence-electron chi connectivity index (χ0n) is 11.1. The van der Waals surface area contributed by atoms with Gasteiger partial charge in [-0.15, -0.1) is 0 Å². The second-order valence-electron chi connectivity index (χ2n) is 4.55. The maximum Gasteiger partial charge on any atom is 0.417 e. The summed E-state index contributed by atoms with van der Waals surface area (Å²) in [6.45, 7) is 6.02. The minimum absolute atomic E-state index is 0.0435. The van der Waals surface area contributed by atoms with E-state index in [9.17, 15) is 13.2 Å². The molecule has 110 valence electrons. The van der Waals surface area contributed by atoms with E-state index in [1.807, 2.05) is 13.8 Å². The Bertz CT molecular complexity index is 393. The van der Waals surface area contributed by atoms with E-state index >= 15 is 0 Å². The molecule has 0 bridgehead atoms. The molecular formula is C12H19F3N2OS. The first-order chi connectivity index (χ1) is 8.82. The van der Waals surface area contributed by atoms with Crippen molar-refractivity contribution in [1.82, 2.24) is 5.43 Å². The Morgan fingerprint density at radius 3 is 2.42 bits per heavy atom. The first-order valence-corrected chi connectivity index (χ1v) is 6.98. The maximum atomic E-state index is 12.9. The smallest absolute Gasteiger partial charge is 0.376 e. The predicted octanol–water partition coefficient (Wildman–Crippen LogP) is 3.33. The summed E-state index contributed by atoms with van der Waals surface area (Å²) in [6.07, 6.45) is -4.79. The van der Waals surface area contributed by atoms with Crippen LogP contribution in [0.15, 0.2) is 10.8 Å². The molecule has 0 aliphatic heterocycles. The molecule has 0 saturated heterocycles. The zero-order chi connectivity index (χ0) is 14.6. The van der Waals surface area contributed by atoms with Gasteiger partial charge < -0.3 is 4.74 Å². The normalized spacial score (nSPS) is 15.8. The van der Waals surface area contributed by atoms with Crippen LogP contribution in [0, 0.1) is 5.92 Å². The lowest BCUT2D eigenvalue weighted by Gasteiger charge is -2.30. The molecule has 1 rings (SSSR count). The molecule has 3 N–H and O–H groups in total. The Morgan fingerprint density at radius 1 is 1.37 bits per heavy atom. The van der Waals surface area contributed by atoms with Crippen LogP contribution in [0.25, 0.3) is 0 Å². The fourth-order valence-electron chi connectivity index (χ4n) is 2.01. The second kappa shape index (κ2) is 6.69. The van der Waals surface area contributed by atoms with Crippen molar-refractivity contribution >= 4 is 11.3 Å². The Kier molecular flexibility index (Phi) is 5.79. The highest BCUT2D eigenvalue weighted by molar-refractivity contribution is 7.08. The van der Waals surface area contributed by atoms with Crippen LogP contribution in [0.1, 0.15) is 37.9 Å². The van der Waals surface area contributed by atoms with Crippen molar-refractivity contribution < 1.29 is 17.9 Å². The topological polar surface area (TPSA) is 47.3 Å². The number of hydrogen-bond donors (Lipinski definition) is 2. The van der Waals surface area contributed by atoms with E-state index in [4.69, 9.17) is 10.6 Å². The number of rotatable bonds is 6. The van der Waals surface area contributed by atoms with Crippen molar-refractivity contribution in [2.45, 2.75) is 39.1 Å². The van der Waals surface area contributed by atoms with Gasteiger partial charge in [0.05, 0.1) is 17.7 Å². The third kappa shape index (κ3) is 3.92. The van der Waals surface area contributed by atoms with E-state index in [0.717, 1.165) is 16.7 Å². The van der Waals surface area contributed by atoms with Crippen LogP contribution in [-0.4, -0.2) is 12.7 Å². The molecule has 0 aliphatic carbocycles. The number of thiophene rings is 1.